The maximum atomic E-state index is 11.9. The van der Waals surface area contributed by atoms with Crippen LogP contribution in [0.3, 0.4) is 0 Å². The third-order valence-corrected chi connectivity index (χ3v) is 3.44. The van der Waals surface area contributed by atoms with Crippen LogP contribution in [0.5, 0.6) is 0 Å². The molecule has 8 heteroatoms. The minimum Gasteiger partial charge on any atom is -0.462 e. The second kappa shape index (κ2) is 9.82. The Bertz CT molecular complexity index is 731. The molecule has 0 bridgehead atoms. The summed E-state index contributed by atoms with van der Waals surface area (Å²) in [5, 5.41) is 25.2. The molecule has 8 nitrogen and oxygen atoms in total. The third-order valence-electron chi connectivity index (χ3n) is 3.44. The number of H-pyrrole nitrogens is 1. The van der Waals surface area contributed by atoms with Crippen molar-refractivity contribution in [2.75, 3.05) is 11.9 Å². The van der Waals surface area contributed by atoms with Gasteiger partial charge in [-0.05, 0) is 35.9 Å². The minimum atomic E-state index is -0.330. The van der Waals surface area contributed by atoms with E-state index in [0.29, 0.717) is 12.2 Å². The molecule has 0 aliphatic rings. The van der Waals surface area contributed by atoms with Crippen LogP contribution in [-0.4, -0.2) is 33.2 Å². The summed E-state index contributed by atoms with van der Waals surface area (Å²) >= 11 is 0. The van der Waals surface area contributed by atoms with E-state index in [0.717, 1.165) is 31.4 Å². The predicted octanol–water partition coefficient (Wildman–Crippen LogP) is 2.91. The first-order valence-corrected chi connectivity index (χ1v) is 8.12. The summed E-state index contributed by atoms with van der Waals surface area (Å²) in [6, 6.07) is 8.79. The summed E-state index contributed by atoms with van der Waals surface area (Å²) in [5.74, 6) is -0.124. The van der Waals surface area contributed by atoms with Crippen molar-refractivity contribution in [1.29, 1.82) is 5.26 Å². The summed E-state index contributed by atoms with van der Waals surface area (Å²) in [6.07, 6.45) is 5.74. The fraction of sp³-hybridized carbons (Fsp3) is 0.353. The highest BCUT2D eigenvalue weighted by Crippen LogP contribution is 2.13. The van der Waals surface area contributed by atoms with Gasteiger partial charge in [0.15, 0.2) is 0 Å². The van der Waals surface area contributed by atoms with E-state index in [-0.39, 0.29) is 17.4 Å². The molecule has 25 heavy (non-hydrogen) atoms. The summed E-state index contributed by atoms with van der Waals surface area (Å²) in [4.78, 5) is 11.9. The lowest BCUT2D eigenvalue weighted by Gasteiger charge is -2.06. The average molecular weight is 340 g/mol. The molecule has 2 N–H and O–H groups in total. The molecule has 2 rings (SSSR count). The molecule has 0 saturated heterocycles. The first kappa shape index (κ1) is 18.1. The molecule has 0 saturated carbocycles. The quantitative estimate of drug-likeness (QED) is 0.409. The Morgan fingerprint density at radius 2 is 2.12 bits per heavy atom. The number of allylic oxidation sites excluding steroid dienone is 1. The zero-order valence-electron chi connectivity index (χ0n) is 14.0. The van der Waals surface area contributed by atoms with Gasteiger partial charge < -0.3 is 10.1 Å². The average Bonchev–Trinajstić information content (AvgIpc) is 3.17. The van der Waals surface area contributed by atoms with Crippen molar-refractivity contribution < 1.29 is 9.53 Å². The number of hydrogen-bond donors (Lipinski definition) is 2. The largest absolute Gasteiger partial charge is 0.462 e. The van der Waals surface area contributed by atoms with Gasteiger partial charge in [0.05, 0.1) is 12.2 Å². The molecule has 0 aliphatic carbocycles. The van der Waals surface area contributed by atoms with E-state index < -0.39 is 0 Å². The zero-order valence-corrected chi connectivity index (χ0v) is 14.0. The fourth-order valence-electron chi connectivity index (χ4n) is 2.06. The van der Waals surface area contributed by atoms with Crippen molar-refractivity contribution >= 4 is 17.2 Å². The second-order valence-corrected chi connectivity index (χ2v) is 5.32. The molecule has 1 heterocycles. The molecule has 0 aliphatic heterocycles. The van der Waals surface area contributed by atoms with Crippen LogP contribution in [0.2, 0.25) is 0 Å². The van der Waals surface area contributed by atoms with Gasteiger partial charge in [-0.1, -0.05) is 26.2 Å². The van der Waals surface area contributed by atoms with Gasteiger partial charge in [-0.3, -0.25) is 0 Å². The Balaban J connectivity index is 1.87. The molecule has 2 aromatic rings. The van der Waals surface area contributed by atoms with E-state index in [1.807, 2.05) is 6.07 Å². The molecule has 0 amide bonds. The monoisotopic (exact) mass is 340 g/mol. The summed E-state index contributed by atoms with van der Waals surface area (Å²) in [5.41, 5.74) is 1.45. The number of benzene rings is 1. The van der Waals surface area contributed by atoms with E-state index >= 15 is 0 Å². The lowest BCUT2D eigenvalue weighted by atomic mass is 10.2. The maximum absolute atomic E-state index is 11.9. The highest BCUT2D eigenvalue weighted by Gasteiger charge is 2.07. The predicted molar refractivity (Wildman–Crippen MR) is 92.3 cm³/mol. The number of anilines is 1. The molecule has 0 unspecified atom stereocenters. The number of carbonyl (C=O) groups excluding carboxylic acids is 1. The van der Waals surface area contributed by atoms with Crippen molar-refractivity contribution in [3.63, 3.8) is 0 Å². The van der Waals surface area contributed by atoms with Gasteiger partial charge in [-0.2, -0.15) is 10.5 Å². The van der Waals surface area contributed by atoms with Gasteiger partial charge in [-0.15, -0.1) is 10.2 Å². The smallest absolute Gasteiger partial charge is 0.338 e. The first-order chi connectivity index (χ1) is 12.2. The number of nitrogens with zero attached hydrogens (tertiary/aromatic N) is 4. The number of unbranched alkanes of at least 4 members (excludes halogenated alkanes) is 3. The normalized spacial score (nSPS) is 11.0. The van der Waals surface area contributed by atoms with Crippen molar-refractivity contribution in [2.45, 2.75) is 32.6 Å². The van der Waals surface area contributed by atoms with Gasteiger partial charge in [0.1, 0.15) is 11.6 Å². The minimum absolute atomic E-state index is 0.207. The lowest BCUT2D eigenvalue weighted by Crippen LogP contribution is -2.06. The number of esters is 1. The summed E-state index contributed by atoms with van der Waals surface area (Å²) in [7, 11) is 0. The van der Waals surface area contributed by atoms with Gasteiger partial charge in [0.2, 0.25) is 5.82 Å². The SMILES string of the molecule is CCCCCCOC(=O)c1ccc(NC=C(C#N)c2nn[nH]n2)cc1. The standard InChI is InChI=1S/C17H20N6O2/c1-2-3-4-5-10-25-17(24)13-6-8-15(9-7-13)19-12-14(11-18)16-20-22-23-21-16/h6-9,12,19H,2-5,10H2,1H3,(H,20,21,22,23). The highest BCUT2D eigenvalue weighted by atomic mass is 16.5. The number of rotatable bonds is 9. The van der Waals surface area contributed by atoms with Crippen molar-refractivity contribution in [1.82, 2.24) is 20.6 Å². The Morgan fingerprint density at radius 3 is 2.76 bits per heavy atom. The van der Waals surface area contributed by atoms with Crippen LogP contribution in [0.25, 0.3) is 5.57 Å². The van der Waals surface area contributed by atoms with E-state index in [4.69, 9.17) is 10.00 Å². The van der Waals surface area contributed by atoms with E-state index in [2.05, 4.69) is 32.9 Å². The molecule has 0 fully saturated rings. The summed E-state index contributed by atoms with van der Waals surface area (Å²) in [6.45, 7) is 2.58. The molecule has 0 spiro atoms. The van der Waals surface area contributed by atoms with Crippen LogP contribution in [0.1, 0.15) is 48.8 Å². The number of aromatic nitrogens is 4. The third kappa shape index (κ3) is 5.73. The number of tetrazole rings is 1. The van der Waals surface area contributed by atoms with Crippen LogP contribution < -0.4 is 5.32 Å². The molecular weight excluding hydrogens is 320 g/mol. The van der Waals surface area contributed by atoms with Crippen molar-refractivity contribution in [3.8, 4) is 6.07 Å². The van der Waals surface area contributed by atoms with Crippen LogP contribution in [0, 0.1) is 11.3 Å². The van der Waals surface area contributed by atoms with Gasteiger partial charge in [0.25, 0.3) is 0 Å². The van der Waals surface area contributed by atoms with E-state index in [9.17, 15) is 4.79 Å². The van der Waals surface area contributed by atoms with Crippen LogP contribution in [-0.2, 0) is 4.74 Å². The number of aromatic amines is 1. The molecule has 0 radical (unpaired) electrons. The van der Waals surface area contributed by atoms with E-state index in [1.54, 1.807) is 24.3 Å². The Labute approximate surface area is 145 Å². The van der Waals surface area contributed by atoms with Crippen molar-refractivity contribution in [2.24, 2.45) is 0 Å². The molecular formula is C17H20N6O2. The number of nitrogens with one attached hydrogen (secondary N) is 2. The first-order valence-electron chi connectivity index (χ1n) is 8.12. The highest BCUT2D eigenvalue weighted by molar-refractivity contribution is 5.89. The number of hydrogen-bond acceptors (Lipinski definition) is 7. The van der Waals surface area contributed by atoms with Gasteiger partial charge in [-0.25, -0.2) is 4.79 Å². The van der Waals surface area contributed by atoms with E-state index in [1.165, 1.54) is 6.20 Å². The number of nitriles is 1. The Morgan fingerprint density at radius 1 is 1.32 bits per heavy atom. The lowest BCUT2D eigenvalue weighted by molar-refractivity contribution is 0.0498. The summed E-state index contributed by atoms with van der Waals surface area (Å²) < 4.78 is 5.24. The van der Waals surface area contributed by atoms with Gasteiger partial charge >= 0.3 is 5.97 Å². The van der Waals surface area contributed by atoms with Crippen LogP contribution >= 0.6 is 0 Å². The maximum Gasteiger partial charge on any atom is 0.338 e. The zero-order chi connectivity index (χ0) is 17.9. The molecule has 1 aromatic carbocycles. The number of ether oxygens (including phenoxy) is 1. The molecule has 130 valence electrons. The van der Waals surface area contributed by atoms with Crippen LogP contribution in [0.15, 0.2) is 30.5 Å². The Kier molecular flexibility index (Phi) is 7.13. The fourth-order valence-corrected chi connectivity index (χ4v) is 2.06. The number of carbonyl (C=O) groups is 1. The molecule has 1 aromatic heterocycles. The second-order valence-electron chi connectivity index (χ2n) is 5.32. The van der Waals surface area contributed by atoms with Gasteiger partial charge in [0, 0.05) is 11.9 Å². The van der Waals surface area contributed by atoms with Crippen LogP contribution in [0.4, 0.5) is 5.69 Å². The van der Waals surface area contributed by atoms with Crippen molar-refractivity contribution in [3.05, 3.63) is 41.9 Å². The topological polar surface area (TPSA) is 117 Å². The molecule has 0 atom stereocenters. The Hall–Kier alpha value is -3.21.